The minimum absolute atomic E-state index is 0.455. The molecule has 0 saturated heterocycles. The Bertz CT molecular complexity index is 1510. The molecule has 0 amide bonds. The van der Waals surface area contributed by atoms with E-state index in [4.69, 9.17) is 9.97 Å². The van der Waals surface area contributed by atoms with E-state index in [-0.39, 0.29) is 0 Å². The Morgan fingerprint density at radius 1 is 0.630 bits per heavy atom. The monoisotopic (exact) mass is 348 g/mol. The first-order valence-corrected chi connectivity index (χ1v) is 8.46. The van der Waals surface area contributed by atoms with Crippen LogP contribution in [0.3, 0.4) is 0 Å². The number of aromatic nitrogens is 2. The van der Waals surface area contributed by atoms with Gasteiger partial charge in [0.05, 0.1) is 22.1 Å². The van der Waals surface area contributed by atoms with Gasteiger partial charge in [0.1, 0.15) is 0 Å². The van der Waals surface area contributed by atoms with Crippen molar-refractivity contribution in [3.05, 3.63) is 70.1 Å². The lowest BCUT2D eigenvalue weighted by atomic mass is 9.98. The smallest absolute Gasteiger partial charge is 0.244 e. The molecule has 0 radical (unpaired) electrons. The van der Waals surface area contributed by atoms with Gasteiger partial charge in [-0.25, -0.2) is 9.97 Å². The highest BCUT2D eigenvalue weighted by atomic mass is 14.9. The fourth-order valence-corrected chi connectivity index (χ4v) is 3.59. The maximum Gasteiger partial charge on any atom is 0.385 e. The molecule has 0 aliphatic rings. The Morgan fingerprint density at radius 3 is 1.74 bits per heavy atom. The number of hydrogen-bond acceptors (Lipinski definition) is 4. The number of nitrogens with zero attached hydrogens (tertiary/aromatic N) is 6. The molecule has 0 fully saturated rings. The molecule has 6 heteroatoms. The van der Waals surface area contributed by atoms with E-state index in [1.54, 1.807) is 24.3 Å². The summed E-state index contributed by atoms with van der Waals surface area (Å²) in [6.07, 6.45) is 0. The molecule has 0 spiro atoms. The van der Waals surface area contributed by atoms with Gasteiger partial charge >= 0.3 is 11.4 Å². The van der Waals surface area contributed by atoms with Crippen LogP contribution >= 0.6 is 0 Å². The van der Waals surface area contributed by atoms with E-state index in [1.807, 2.05) is 37.3 Å². The summed E-state index contributed by atoms with van der Waals surface area (Å²) in [5, 5.41) is 22.1. The van der Waals surface area contributed by atoms with Gasteiger partial charge in [-0.05, 0) is 47.5 Å². The van der Waals surface area contributed by atoms with E-state index < -0.39 is 0 Å². The summed E-state index contributed by atoms with van der Waals surface area (Å²) in [5.41, 5.74) is 5.05. The minimum atomic E-state index is 0.455. The highest BCUT2D eigenvalue weighted by Gasteiger charge is 2.18. The molecule has 0 N–H and O–H groups in total. The van der Waals surface area contributed by atoms with Gasteiger partial charge < -0.3 is 0 Å². The molecule has 1 aromatic heterocycles. The quantitative estimate of drug-likeness (QED) is 0.185. The Labute approximate surface area is 153 Å². The van der Waals surface area contributed by atoms with Gasteiger partial charge in [0, 0.05) is 35.0 Å². The molecule has 0 saturated carbocycles. The van der Waals surface area contributed by atoms with Crippen molar-refractivity contribution in [1.29, 1.82) is 10.8 Å². The van der Waals surface area contributed by atoms with Crippen molar-refractivity contribution >= 4 is 55.0 Å². The minimum Gasteiger partial charge on any atom is -0.244 e. The second-order valence-corrected chi connectivity index (χ2v) is 6.57. The van der Waals surface area contributed by atoms with E-state index in [2.05, 4.69) is 9.95 Å². The molecule has 0 unspecified atom stereocenters. The van der Waals surface area contributed by atoms with Gasteiger partial charge in [0.25, 0.3) is 0 Å². The average molecular weight is 348 g/mol. The topological polar surface area (TPSA) is 82.1 Å². The van der Waals surface area contributed by atoms with Crippen LogP contribution in [0.2, 0.25) is 0 Å². The first-order chi connectivity index (χ1) is 13.2. The fourth-order valence-electron chi connectivity index (χ4n) is 3.59. The molecule has 124 valence electrons. The second kappa shape index (κ2) is 5.42. The standard InChI is InChI=1S/C21H12N6/c1-11-2-7-18-19(8-11)25-21-17-10-13(27-23)4-6-15(17)14-5-3-12(26-22)9-16(14)20(21)24-18/h2-10H,1H3/q+2. The van der Waals surface area contributed by atoms with Crippen LogP contribution < -0.4 is 0 Å². The average Bonchev–Trinajstić information content (AvgIpc) is 2.71. The molecule has 5 rings (SSSR count). The Balaban J connectivity index is 2.10. The Kier molecular flexibility index (Phi) is 3.03. The maximum absolute atomic E-state index is 9.21. The molecule has 0 atom stereocenters. The van der Waals surface area contributed by atoms with Crippen molar-refractivity contribution in [2.24, 2.45) is 0 Å². The van der Waals surface area contributed by atoms with Crippen LogP contribution in [-0.2, 0) is 0 Å². The van der Waals surface area contributed by atoms with Crippen molar-refractivity contribution < 1.29 is 0 Å². The normalized spacial score (nSPS) is 11.1. The van der Waals surface area contributed by atoms with Crippen LogP contribution in [0.15, 0.2) is 54.6 Å². The van der Waals surface area contributed by atoms with Gasteiger partial charge in [-0.1, -0.05) is 6.07 Å². The molecule has 6 nitrogen and oxygen atoms in total. The van der Waals surface area contributed by atoms with Gasteiger partial charge in [-0.3, -0.25) is 0 Å². The molecule has 27 heavy (non-hydrogen) atoms. The first-order valence-electron chi connectivity index (χ1n) is 8.46. The van der Waals surface area contributed by atoms with E-state index in [0.29, 0.717) is 11.4 Å². The predicted molar refractivity (Wildman–Crippen MR) is 106 cm³/mol. The number of fused-ring (bicyclic) bond motifs is 7. The molecule has 1 heterocycles. The number of benzene rings is 4. The second-order valence-electron chi connectivity index (χ2n) is 6.57. The van der Waals surface area contributed by atoms with E-state index in [9.17, 15) is 10.8 Å². The summed E-state index contributed by atoms with van der Waals surface area (Å²) in [6.45, 7) is 2.02. The highest BCUT2D eigenvalue weighted by molar-refractivity contribution is 6.24. The SMILES string of the molecule is Cc1ccc2nc3c4cc([N+]#N)ccc4c4ccc([N+]#N)cc4c3nc2c1. The summed E-state index contributed by atoms with van der Waals surface area (Å²) in [4.78, 5) is 16.3. The lowest BCUT2D eigenvalue weighted by molar-refractivity contribution is 1.39. The zero-order valence-electron chi connectivity index (χ0n) is 14.4. The number of rotatable bonds is 0. The van der Waals surface area contributed by atoms with Crippen molar-refractivity contribution in [2.75, 3.05) is 0 Å². The van der Waals surface area contributed by atoms with Gasteiger partial charge in [-0.2, -0.15) is 0 Å². The van der Waals surface area contributed by atoms with Crippen molar-refractivity contribution in [3.8, 4) is 0 Å². The lowest BCUT2D eigenvalue weighted by Gasteiger charge is -2.09. The van der Waals surface area contributed by atoms with Crippen molar-refractivity contribution in [3.63, 3.8) is 0 Å². The molecular weight excluding hydrogens is 336 g/mol. The van der Waals surface area contributed by atoms with Crippen molar-refractivity contribution in [1.82, 2.24) is 9.97 Å². The molecule has 0 aliphatic heterocycles. The van der Waals surface area contributed by atoms with E-state index in [0.717, 1.165) is 49.2 Å². The molecule has 5 aromatic rings. The third kappa shape index (κ3) is 2.18. The zero-order chi connectivity index (χ0) is 18.5. The molecule has 0 aliphatic carbocycles. The predicted octanol–water partition coefficient (Wildman–Crippen LogP) is 6.37. The van der Waals surface area contributed by atoms with Crippen LogP contribution in [0, 0.1) is 17.7 Å². The largest absolute Gasteiger partial charge is 0.385 e. The van der Waals surface area contributed by atoms with E-state index in [1.165, 1.54) is 0 Å². The molecular formula is C21H12N6+2. The summed E-state index contributed by atoms with van der Waals surface area (Å²) < 4.78 is 0. The van der Waals surface area contributed by atoms with Gasteiger partial charge in [0.15, 0.2) is 9.95 Å². The summed E-state index contributed by atoms with van der Waals surface area (Å²) in [5.74, 6) is 0. The number of diazo groups is 2. The number of hydrogen-bond donors (Lipinski definition) is 0. The maximum atomic E-state index is 9.21. The van der Waals surface area contributed by atoms with Crippen LogP contribution in [0.4, 0.5) is 11.4 Å². The van der Waals surface area contributed by atoms with Gasteiger partial charge in [0.2, 0.25) is 10.8 Å². The van der Waals surface area contributed by atoms with Crippen LogP contribution in [0.5, 0.6) is 0 Å². The lowest BCUT2D eigenvalue weighted by Crippen LogP contribution is -1.92. The molecule has 4 aromatic carbocycles. The summed E-state index contributed by atoms with van der Waals surface area (Å²) in [6, 6.07) is 16.9. The fraction of sp³-hybridized carbons (Fsp3) is 0.0476. The van der Waals surface area contributed by atoms with Crippen LogP contribution in [0.25, 0.3) is 53.6 Å². The third-order valence-electron chi connectivity index (χ3n) is 4.86. The summed E-state index contributed by atoms with van der Waals surface area (Å²) >= 11 is 0. The molecule has 0 bridgehead atoms. The Morgan fingerprint density at radius 2 is 1.19 bits per heavy atom. The summed E-state index contributed by atoms with van der Waals surface area (Å²) in [7, 11) is 0. The Hall–Kier alpha value is -4.16. The van der Waals surface area contributed by atoms with Crippen molar-refractivity contribution in [2.45, 2.75) is 6.92 Å². The highest BCUT2D eigenvalue weighted by Crippen LogP contribution is 2.37. The zero-order valence-corrected chi connectivity index (χ0v) is 14.4. The first kappa shape index (κ1) is 15.1. The van der Waals surface area contributed by atoms with E-state index >= 15 is 0 Å². The van der Waals surface area contributed by atoms with Crippen LogP contribution in [-0.4, -0.2) is 9.97 Å². The van der Waals surface area contributed by atoms with Gasteiger partial charge in [-0.15, -0.1) is 0 Å². The van der Waals surface area contributed by atoms with Crippen LogP contribution in [0.1, 0.15) is 5.56 Å². The third-order valence-corrected chi connectivity index (χ3v) is 4.86. The number of aryl methyl sites for hydroxylation is 1.